The minimum atomic E-state index is -4.26. The molecule has 0 unspecified atom stereocenters. The van der Waals surface area contributed by atoms with E-state index in [1.807, 2.05) is 30.3 Å². The maximum atomic E-state index is 13.8. The van der Waals surface area contributed by atoms with Gasteiger partial charge in [0.2, 0.25) is 5.91 Å². The Hall–Kier alpha value is -4.54. The van der Waals surface area contributed by atoms with E-state index in [4.69, 9.17) is 21.1 Å². The van der Waals surface area contributed by atoms with Crippen molar-refractivity contribution in [3.05, 3.63) is 113 Å². The Bertz CT molecular complexity index is 1650. The Morgan fingerprint density at radius 1 is 0.833 bits per heavy atom. The summed E-state index contributed by atoms with van der Waals surface area (Å²) in [4.78, 5) is 26.2. The maximum Gasteiger partial charge on any atom is 0.264 e. The van der Waals surface area contributed by atoms with Crippen LogP contribution in [0.5, 0.6) is 11.5 Å². The van der Waals surface area contributed by atoms with Gasteiger partial charge in [-0.1, -0.05) is 54.1 Å². The lowest BCUT2D eigenvalue weighted by Gasteiger charge is -2.25. The number of rotatable bonds is 12. The molecule has 0 saturated heterocycles. The van der Waals surface area contributed by atoms with Crippen LogP contribution >= 0.6 is 11.6 Å². The number of anilines is 2. The lowest BCUT2D eigenvalue weighted by atomic mass is 10.1. The van der Waals surface area contributed by atoms with Crippen LogP contribution in [0.3, 0.4) is 0 Å². The molecule has 4 aromatic carbocycles. The van der Waals surface area contributed by atoms with Crippen molar-refractivity contribution in [2.24, 2.45) is 0 Å². The van der Waals surface area contributed by atoms with Crippen molar-refractivity contribution in [3.63, 3.8) is 0 Å². The van der Waals surface area contributed by atoms with E-state index in [1.165, 1.54) is 56.7 Å². The normalized spacial score (nSPS) is 10.9. The monoisotopic (exact) mass is 607 g/mol. The molecule has 4 rings (SSSR count). The number of methoxy groups -OCH3 is 2. The van der Waals surface area contributed by atoms with Crippen LogP contribution in [0.25, 0.3) is 0 Å². The van der Waals surface area contributed by atoms with Gasteiger partial charge in [0.15, 0.2) is 11.5 Å². The lowest BCUT2D eigenvalue weighted by molar-refractivity contribution is -0.114. The van der Waals surface area contributed by atoms with Crippen LogP contribution in [0.1, 0.15) is 15.9 Å². The van der Waals surface area contributed by atoms with Crippen molar-refractivity contribution in [3.8, 4) is 11.5 Å². The van der Waals surface area contributed by atoms with Gasteiger partial charge >= 0.3 is 0 Å². The van der Waals surface area contributed by atoms with Crippen LogP contribution in [0.4, 0.5) is 11.4 Å². The fraction of sp³-hybridized carbons (Fsp3) is 0.161. The first-order valence-corrected chi connectivity index (χ1v) is 14.8. The van der Waals surface area contributed by atoms with Gasteiger partial charge in [-0.15, -0.1) is 0 Å². The summed E-state index contributed by atoms with van der Waals surface area (Å²) in [5.41, 5.74) is 1.80. The largest absolute Gasteiger partial charge is 0.493 e. The summed E-state index contributed by atoms with van der Waals surface area (Å²) in [6.45, 7) is -0.179. The minimum absolute atomic E-state index is 0.110. The van der Waals surface area contributed by atoms with Crippen molar-refractivity contribution in [2.75, 3.05) is 36.9 Å². The van der Waals surface area contributed by atoms with Gasteiger partial charge in [0.25, 0.3) is 15.9 Å². The summed E-state index contributed by atoms with van der Waals surface area (Å²) in [6, 6.07) is 26.5. The number of carbonyl (C=O) groups is 2. The SMILES string of the molecule is COc1ccc(S(=O)(=O)N(CC(=O)Nc2ccccc2C(=O)NCCc2ccccc2)c2ccc(Cl)cc2)cc1OC. The first-order chi connectivity index (χ1) is 20.2. The Morgan fingerprint density at radius 3 is 2.19 bits per heavy atom. The van der Waals surface area contributed by atoms with Crippen molar-refractivity contribution < 1.29 is 27.5 Å². The fourth-order valence-electron chi connectivity index (χ4n) is 4.20. The molecule has 0 fully saturated rings. The Morgan fingerprint density at radius 2 is 1.50 bits per heavy atom. The highest BCUT2D eigenvalue weighted by Crippen LogP contribution is 2.32. The highest BCUT2D eigenvalue weighted by molar-refractivity contribution is 7.92. The van der Waals surface area contributed by atoms with E-state index in [1.54, 1.807) is 24.3 Å². The molecule has 0 atom stereocenters. The number of hydrogen-bond donors (Lipinski definition) is 2. The molecule has 0 aliphatic carbocycles. The molecule has 0 heterocycles. The summed E-state index contributed by atoms with van der Waals surface area (Å²) >= 11 is 6.04. The van der Waals surface area contributed by atoms with E-state index in [0.717, 1.165) is 9.87 Å². The van der Waals surface area contributed by atoms with Gasteiger partial charge in [-0.05, 0) is 60.5 Å². The van der Waals surface area contributed by atoms with Gasteiger partial charge in [-0.3, -0.25) is 13.9 Å². The standard InChI is InChI=1S/C31H30ClN3O6S/c1-40-28-17-16-25(20-29(28)41-2)42(38,39)35(24-14-12-23(32)13-15-24)21-30(36)34-27-11-7-6-10-26(27)31(37)33-19-18-22-8-4-3-5-9-22/h3-17,20H,18-19,21H2,1-2H3,(H,33,37)(H,34,36). The highest BCUT2D eigenvalue weighted by Gasteiger charge is 2.29. The number of halogens is 1. The molecular weight excluding hydrogens is 578 g/mol. The van der Waals surface area contributed by atoms with E-state index in [-0.39, 0.29) is 33.5 Å². The van der Waals surface area contributed by atoms with Crippen LogP contribution < -0.4 is 24.4 Å². The third-order valence-electron chi connectivity index (χ3n) is 6.33. The summed E-state index contributed by atoms with van der Waals surface area (Å²) in [5, 5.41) is 5.97. The van der Waals surface area contributed by atoms with Crippen molar-refractivity contribution in [2.45, 2.75) is 11.3 Å². The summed E-state index contributed by atoms with van der Waals surface area (Å²) in [7, 11) is -1.42. The number of nitrogens with one attached hydrogen (secondary N) is 2. The zero-order valence-corrected chi connectivity index (χ0v) is 24.6. The second kappa shape index (κ2) is 13.9. The number of carbonyl (C=O) groups excluding carboxylic acids is 2. The molecule has 218 valence electrons. The first-order valence-electron chi connectivity index (χ1n) is 12.9. The van der Waals surface area contributed by atoms with Crippen LogP contribution in [-0.4, -0.2) is 47.5 Å². The van der Waals surface area contributed by atoms with Crippen LogP contribution in [0.15, 0.2) is 102 Å². The number of hydrogen-bond acceptors (Lipinski definition) is 6. The second-order valence-electron chi connectivity index (χ2n) is 9.09. The van der Waals surface area contributed by atoms with E-state index >= 15 is 0 Å². The Balaban J connectivity index is 1.56. The molecular formula is C31H30ClN3O6S. The van der Waals surface area contributed by atoms with Crippen molar-refractivity contribution in [1.82, 2.24) is 5.32 Å². The smallest absolute Gasteiger partial charge is 0.264 e. The number of nitrogens with zero attached hydrogens (tertiary/aromatic N) is 1. The number of ether oxygens (including phenoxy) is 2. The average molecular weight is 608 g/mol. The third-order valence-corrected chi connectivity index (χ3v) is 8.35. The van der Waals surface area contributed by atoms with E-state index in [0.29, 0.717) is 23.7 Å². The fourth-order valence-corrected chi connectivity index (χ4v) is 5.76. The number of para-hydroxylation sites is 1. The van der Waals surface area contributed by atoms with Crippen molar-refractivity contribution in [1.29, 1.82) is 0 Å². The first kappa shape index (κ1) is 30.4. The van der Waals surface area contributed by atoms with Crippen LogP contribution in [0, 0.1) is 0 Å². The van der Waals surface area contributed by atoms with E-state index in [2.05, 4.69) is 10.6 Å². The van der Waals surface area contributed by atoms with E-state index in [9.17, 15) is 18.0 Å². The van der Waals surface area contributed by atoms with Gasteiger partial charge < -0.3 is 20.1 Å². The predicted molar refractivity (Wildman–Crippen MR) is 163 cm³/mol. The van der Waals surface area contributed by atoms with Gasteiger partial charge in [-0.25, -0.2) is 8.42 Å². The highest BCUT2D eigenvalue weighted by atomic mass is 35.5. The molecule has 2 amide bonds. The molecule has 0 aliphatic rings. The third kappa shape index (κ3) is 7.39. The van der Waals surface area contributed by atoms with Crippen LogP contribution in [0.2, 0.25) is 5.02 Å². The lowest BCUT2D eigenvalue weighted by Crippen LogP contribution is -2.38. The van der Waals surface area contributed by atoms with Crippen LogP contribution in [-0.2, 0) is 21.2 Å². The summed E-state index contributed by atoms with van der Waals surface area (Å²) in [6.07, 6.45) is 0.644. The average Bonchev–Trinajstić information content (AvgIpc) is 3.00. The molecule has 0 aromatic heterocycles. The summed E-state index contributed by atoms with van der Waals surface area (Å²) in [5.74, 6) is -0.454. The predicted octanol–water partition coefficient (Wildman–Crippen LogP) is 5.16. The zero-order valence-electron chi connectivity index (χ0n) is 23.0. The number of benzene rings is 4. The molecule has 11 heteroatoms. The van der Waals surface area contributed by atoms with Gasteiger partial charge in [-0.2, -0.15) is 0 Å². The Kier molecular flexibility index (Phi) is 10.1. The van der Waals surface area contributed by atoms with Gasteiger partial charge in [0.1, 0.15) is 6.54 Å². The molecule has 42 heavy (non-hydrogen) atoms. The van der Waals surface area contributed by atoms with Gasteiger partial charge in [0, 0.05) is 17.6 Å². The number of amides is 2. The molecule has 0 saturated carbocycles. The minimum Gasteiger partial charge on any atom is -0.493 e. The molecule has 0 spiro atoms. The topological polar surface area (TPSA) is 114 Å². The van der Waals surface area contributed by atoms with Gasteiger partial charge in [0.05, 0.1) is 36.1 Å². The van der Waals surface area contributed by atoms with E-state index < -0.39 is 22.5 Å². The molecule has 0 bridgehead atoms. The molecule has 0 aliphatic heterocycles. The number of sulfonamides is 1. The van der Waals surface area contributed by atoms with Crippen molar-refractivity contribution >= 4 is 44.8 Å². The Labute approximate surface area is 250 Å². The zero-order chi connectivity index (χ0) is 30.1. The second-order valence-corrected chi connectivity index (χ2v) is 11.4. The summed E-state index contributed by atoms with van der Waals surface area (Å²) < 4.78 is 39.1. The molecule has 0 radical (unpaired) electrons. The molecule has 9 nitrogen and oxygen atoms in total. The quantitative estimate of drug-likeness (QED) is 0.230. The maximum absolute atomic E-state index is 13.8. The molecule has 4 aromatic rings. The molecule has 2 N–H and O–H groups in total.